The Bertz CT molecular complexity index is 1100. The molecule has 0 aromatic heterocycles. The van der Waals surface area contributed by atoms with Crippen LogP contribution in [0.5, 0.6) is 5.75 Å². The van der Waals surface area contributed by atoms with Gasteiger partial charge in [-0.1, -0.05) is 78.9 Å². The summed E-state index contributed by atoms with van der Waals surface area (Å²) in [4.78, 5) is 19.8. The third-order valence-corrected chi connectivity index (χ3v) is 7.82. The number of carbonyl (C=O) groups is 1. The van der Waals surface area contributed by atoms with E-state index in [1.54, 1.807) is 14.0 Å². The van der Waals surface area contributed by atoms with Crippen LogP contribution >= 0.6 is 0 Å². The van der Waals surface area contributed by atoms with Crippen molar-refractivity contribution in [3.63, 3.8) is 0 Å². The Labute approximate surface area is 215 Å². The first-order valence-electron chi connectivity index (χ1n) is 13.1. The zero-order valence-electron chi connectivity index (χ0n) is 21.4. The minimum absolute atomic E-state index is 0.179. The number of piperazine rings is 1. The molecular weight excluding hydrogens is 446 g/mol. The molecule has 1 amide bonds. The molecule has 0 aliphatic carbocycles. The molecule has 36 heavy (non-hydrogen) atoms. The Morgan fingerprint density at radius 3 is 2.14 bits per heavy atom. The second-order valence-electron chi connectivity index (χ2n) is 10.1. The molecule has 0 radical (unpaired) electrons. The summed E-state index contributed by atoms with van der Waals surface area (Å²) in [6, 6.07) is 30.8. The van der Waals surface area contributed by atoms with Gasteiger partial charge in [-0.3, -0.25) is 14.6 Å². The second kappa shape index (κ2) is 11.3. The van der Waals surface area contributed by atoms with E-state index < -0.39 is 0 Å². The Kier molecular flexibility index (Phi) is 7.69. The highest BCUT2D eigenvalue weighted by molar-refractivity contribution is 5.73. The number of hydrogen-bond donors (Lipinski definition) is 0. The van der Waals surface area contributed by atoms with Crippen LogP contribution in [0.2, 0.25) is 0 Å². The van der Waals surface area contributed by atoms with Crippen molar-refractivity contribution in [1.29, 1.82) is 0 Å². The molecule has 2 fully saturated rings. The fraction of sp³-hybridized carbons (Fsp3) is 0.387. The Morgan fingerprint density at radius 2 is 1.50 bits per heavy atom. The largest absolute Gasteiger partial charge is 0.496 e. The lowest BCUT2D eigenvalue weighted by Crippen LogP contribution is -2.62. The van der Waals surface area contributed by atoms with Gasteiger partial charge in [-0.05, 0) is 23.6 Å². The highest BCUT2D eigenvalue weighted by atomic mass is 16.5. The first-order valence-corrected chi connectivity index (χ1v) is 13.1. The molecule has 0 N–H and O–H groups in total. The van der Waals surface area contributed by atoms with E-state index in [1.165, 1.54) is 16.7 Å². The predicted molar refractivity (Wildman–Crippen MR) is 144 cm³/mol. The van der Waals surface area contributed by atoms with Crippen LogP contribution in [0.3, 0.4) is 0 Å². The number of methoxy groups -OCH3 is 1. The molecule has 188 valence electrons. The fourth-order valence-electron chi connectivity index (χ4n) is 6.16. The topological polar surface area (TPSA) is 36.0 Å². The summed E-state index contributed by atoms with van der Waals surface area (Å²) in [6.45, 7) is 7.07. The molecule has 2 heterocycles. The molecule has 5 nitrogen and oxygen atoms in total. The van der Waals surface area contributed by atoms with Crippen LogP contribution in [-0.2, 0) is 11.3 Å². The number of amides is 1. The van der Waals surface area contributed by atoms with Crippen LogP contribution < -0.4 is 4.74 Å². The first-order chi connectivity index (χ1) is 17.6. The molecule has 2 aliphatic heterocycles. The summed E-state index contributed by atoms with van der Waals surface area (Å²) in [5.41, 5.74) is 3.90. The van der Waals surface area contributed by atoms with E-state index in [1.807, 2.05) is 17.0 Å². The third-order valence-electron chi connectivity index (χ3n) is 7.82. The van der Waals surface area contributed by atoms with E-state index in [9.17, 15) is 4.79 Å². The standard InChI is InChI=1S/C31H37N3O2/c1-24(35)33-18-11-19-34-28(22-33)21-32(20-27-16-9-10-17-30(27)36-2)23-29(34)31(25-12-5-3-6-13-25)26-14-7-4-8-15-26/h3-10,12-17,28-29,31H,11,18-23H2,1-2H3/t28-,29?/m1/s1. The van der Waals surface area contributed by atoms with Gasteiger partial charge in [0.15, 0.2) is 0 Å². The number of nitrogens with zero attached hydrogens (tertiary/aromatic N) is 3. The Morgan fingerprint density at radius 1 is 0.861 bits per heavy atom. The van der Waals surface area contributed by atoms with Gasteiger partial charge >= 0.3 is 0 Å². The first kappa shape index (κ1) is 24.5. The van der Waals surface area contributed by atoms with Crippen molar-refractivity contribution in [3.05, 3.63) is 102 Å². The van der Waals surface area contributed by atoms with Crippen molar-refractivity contribution in [2.24, 2.45) is 0 Å². The minimum atomic E-state index is 0.179. The number of rotatable bonds is 6. The Hall–Kier alpha value is -3.15. The summed E-state index contributed by atoms with van der Waals surface area (Å²) in [6.07, 6.45) is 1.01. The van der Waals surface area contributed by atoms with Crippen molar-refractivity contribution in [1.82, 2.24) is 14.7 Å². The maximum absolute atomic E-state index is 12.4. The van der Waals surface area contributed by atoms with Gasteiger partial charge in [-0.15, -0.1) is 0 Å². The minimum Gasteiger partial charge on any atom is -0.496 e. The van der Waals surface area contributed by atoms with Gasteiger partial charge in [0.25, 0.3) is 0 Å². The molecule has 2 saturated heterocycles. The highest BCUT2D eigenvalue weighted by Gasteiger charge is 2.41. The van der Waals surface area contributed by atoms with E-state index in [-0.39, 0.29) is 11.8 Å². The quantitative estimate of drug-likeness (QED) is 0.512. The molecule has 0 saturated carbocycles. The molecule has 5 rings (SSSR count). The zero-order valence-corrected chi connectivity index (χ0v) is 21.4. The van der Waals surface area contributed by atoms with Gasteiger partial charge in [-0.2, -0.15) is 0 Å². The maximum Gasteiger partial charge on any atom is 0.219 e. The van der Waals surface area contributed by atoms with E-state index in [4.69, 9.17) is 4.74 Å². The summed E-state index contributed by atoms with van der Waals surface area (Å²) >= 11 is 0. The number of hydrogen-bond acceptors (Lipinski definition) is 4. The van der Waals surface area contributed by atoms with Crippen LogP contribution in [0.25, 0.3) is 0 Å². The van der Waals surface area contributed by atoms with Crippen LogP contribution in [-0.4, -0.2) is 72.5 Å². The van der Waals surface area contributed by atoms with Gasteiger partial charge in [0, 0.05) is 69.8 Å². The maximum atomic E-state index is 12.4. The number of ether oxygens (including phenoxy) is 1. The van der Waals surface area contributed by atoms with Gasteiger partial charge in [0.05, 0.1) is 7.11 Å². The third kappa shape index (κ3) is 5.32. The fourth-order valence-corrected chi connectivity index (χ4v) is 6.16. The van der Waals surface area contributed by atoms with Crippen LogP contribution in [0.15, 0.2) is 84.9 Å². The molecule has 2 atom stereocenters. The highest BCUT2D eigenvalue weighted by Crippen LogP contribution is 2.36. The average molecular weight is 484 g/mol. The van der Waals surface area contributed by atoms with Crippen molar-refractivity contribution < 1.29 is 9.53 Å². The van der Waals surface area contributed by atoms with E-state index >= 15 is 0 Å². The smallest absolute Gasteiger partial charge is 0.219 e. The summed E-state index contributed by atoms with van der Waals surface area (Å²) in [7, 11) is 1.75. The summed E-state index contributed by atoms with van der Waals surface area (Å²) < 4.78 is 5.68. The van der Waals surface area contributed by atoms with E-state index in [0.717, 1.165) is 51.4 Å². The van der Waals surface area contributed by atoms with Crippen LogP contribution in [0, 0.1) is 0 Å². The molecule has 2 aliphatic rings. The molecule has 0 bridgehead atoms. The van der Waals surface area contributed by atoms with Crippen molar-refractivity contribution in [2.75, 3.05) is 39.8 Å². The molecular formula is C31H37N3O2. The van der Waals surface area contributed by atoms with E-state index in [2.05, 4.69) is 82.6 Å². The summed E-state index contributed by atoms with van der Waals surface area (Å²) in [5.74, 6) is 1.36. The number of para-hydroxylation sites is 1. The van der Waals surface area contributed by atoms with Crippen LogP contribution in [0.1, 0.15) is 36.0 Å². The average Bonchev–Trinajstić information content (AvgIpc) is 3.13. The molecule has 3 aromatic carbocycles. The van der Waals surface area contributed by atoms with Crippen LogP contribution in [0.4, 0.5) is 0 Å². The lowest BCUT2D eigenvalue weighted by molar-refractivity contribution is -0.129. The van der Waals surface area contributed by atoms with Gasteiger partial charge in [0.1, 0.15) is 5.75 Å². The molecule has 5 heteroatoms. The number of benzene rings is 3. The lowest BCUT2D eigenvalue weighted by atomic mass is 9.82. The van der Waals surface area contributed by atoms with Crippen molar-refractivity contribution in [3.8, 4) is 5.75 Å². The second-order valence-corrected chi connectivity index (χ2v) is 10.1. The SMILES string of the molecule is COc1ccccc1CN1CC(C(c2ccccc2)c2ccccc2)N2CCCN(C(C)=O)C[C@H]2C1. The van der Waals surface area contributed by atoms with Gasteiger partial charge in [-0.25, -0.2) is 0 Å². The summed E-state index contributed by atoms with van der Waals surface area (Å²) in [5, 5.41) is 0. The predicted octanol–water partition coefficient (Wildman–Crippen LogP) is 4.63. The van der Waals surface area contributed by atoms with E-state index in [0.29, 0.717) is 12.1 Å². The monoisotopic (exact) mass is 483 g/mol. The lowest BCUT2D eigenvalue weighted by Gasteiger charge is -2.49. The van der Waals surface area contributed by atoms with Gasteiger partial charge in [0.2, 0.25) is 5.91 Å². The number of fused-ring (bicyclic) bond motifs is 1. The van der Waals surface area contributed by atoms with Gasteiger partial charge < -0.3 is 9.64 Å². The molecule has 1 unspecified atom stereocenters. The Balaban J connectivity index is 1.54. The molecule has 0 spiro atoms. The zero-order chi connectivity index (χ0) is 24.9. The molecule has 3 aromatic rings. The normalized spacial score (nSPS) is 21.1. The number of carbonyl (C=O) groups excluding carboxylic acids is 1. The van der Waals surface area contributed by atoms with Crippen molar-refractivity contribution in [2.45, 2.75) is 37.9 Å². The van der Waals surface area contributed by atoms with Crippen molar-refractivity contribution >= 4 is 5.91 Å².